The average Bonchev–Trinajstić information content (AvgIpc) is 2.71. The largest absolute Gasteiger partial charge is 0.494 e. The van der Waals surface area contributed by atoms with Gasteiger partial charge < -0.3 is 24.4 Å². The van der Waals surface area contributed by atoms with Gasteiger partial charge in [-0.15, -0.1) is 24.0 Å². The zero-order chi connectivity index (χ0) is 19.2. The van der Waals surface area contributed by atoms with E-state index < -0.39 is 0 Å². The van der Waals surface area contributed by atoms with Crippen LogP contribution in [0.15, 0.2) is 35.3 Å². The molecule has 1 N–H and O–H groups in total. The minimum Gasteiger partial charge on any atom is -0.494 e. The van der Waals surface area contributed by atoms with Crippen LogP contribution in [-0.2, 0) is 9.47 Å². The van der Waals surface area contributed by atoms with E-state index in [4.69, 9.17) is 19.2 Å². The topological polar surface area (TPSA) is 55.3 Å². The Morgan fingerprint density at radius 3 is 2.54 bits per heavy atom. The second-order valence-corrected chi connectivity index (χ2v) is 6.65. The van der Waals surface area contributed by atoms with Gasteiger partial charge in [-0.3, -0.25) is 4.99 Å². The van der Waals surface area contributed by atoms with E-state index in [1.165, 1.54) is 0 Å². The van der Waals surface area contributed by atoms with Gasteiger partial charge in [-0.1, -0.05) is 18.2 Å². The molecular weight excluding hydrogens is 469 g/mol. The molecule has 160 valence electrons. The van der Waals surface area contributed by atoms with Crippen molar-refractivity contribution < 1.29 is 14.2 Å². The van der Waals surface area contributed by atoms with E-state index in [-0.39, 0.29) is 24.0 Å². The summed E-state index contributed by atoms with van der Waals surface area (Å²) in [5.41, 5.74) is 0. The van der Waals surface area contributed by atoms with Crippen LogP contribution < -0.4 is 10.1 Å². The molecule has 2 rings (SSSR count). The number of methoxy groups -OCH3 is 1. The molecule has 0 saturated carbocycles. The molecule has 1 aliphatic rings. The molecule has 0 spiro atoms. The summed E-state index contributed by atoms with van der Waals surface area (Å²) in [6.07, 6.45) is 4.33. The monoisotopic (exact) mass is 505 g/mol. The summed E-state index contributed by atoms with van der Waals surface area (Å²) in [5.74, 6) is 1.93. The smallest absolute Gasteiger partial charge is 0.193 e. The fraction of sp³-hybridized carbons (Fsp3) is 0.667. The lowest BCUT2D eigenvalue weighted by Gasteiger charge is -2.34. The number of nitrogens with zero attached hydrogens (tertiary/aromatic N) is 2. The fourth-order valence-corrected chi connectivity index (χ4v) is 3.07. The van der Waals surface area contributed by atoms with Crippen molar-refractivity contribution in [1.29, 1.82) is 0 Å². The molecule has 1 heterocycles. The van der Waals surface area contributed by atoms with Crippen LogP contribution in [-0.4, -0.2) is 70.1 Å². The number of halogens is 1. The number of ether oxygens (including phenoxy) is 3. The van der Waals surface area contributed by atoms with Crippen LogP contribution in [0, 0.1) is 0 Å². The summed E-state index contributed by atoms with van der Waals surface area (Å²) < 4.78 is 16.7. The molecule has 6 nitrogen and oxygen atoms in total. The lowest BCUT2D eigenvalue weighted by atomic mass is 10.1. The van der Waals surface area contributed by atoms with Gasteiger partial charge in [-0.05, 0) is 38.3 Å². The van der Waals surface area contributed by atoms with Gasteiger partial charge in [0.2, 0.25) is 0 Å². The molecule has 28 heavy (non-hydrogen) atoms. The maximum Gasteiger partial charge on any atom is 0.193 e. The number of benzene rings is 1. The molecule has 1 aliphatic heterocycles. The molecule has 1 aromatic carbocycles. The van der Waals surface area contributed by atoms with Gasteiger partial charge in [-0.25, -0.2) is 0 Å². The number of nitrogens with one attached hydrogen (secondary N) is 1. The van der Waals surface area contributed by atoms with Gasteiger partial charge in [0.05, 0.1) is 12.7 Å². The average molecular weight is 505 g/mol. The van der Waals surface area contributed by atoms with Crippen LogP contribution in [0.1, 0.15) is 32.6 Å². The SMILES string of the molecule is CCNC(=NCCCOc1ccccc1)N1CCC(OCCCOC)CC1.I. The summed E-state index contributed by atoms with van der Waals surface area (Å²) in [5, 5.41) is 3.41. The highest BCUT2D eigenvalue weighted by molar-refractivity contribution is 14.0. The van der Waals surface area contributed by atoms with Gasteiger partial charge in [0, 0.05) is 52.9 Å². The first-order valence-corrected chi connectivity index (χ1v) is 10.1. The molecule has 1 fully saturated rings. The number of aliphatic imine (C=N–C) groups is 1. The van der Waals surface area contributed by atoms with Crippen LogP contribution in [0.4, 0.5) is 0 Å². The predicted octanol–water partition coefficient (Wildman–Crippen LogP) is 3.56. The van der Waals surface area contributed by atoms with E-state index >= 15 is 0 Å². The Morgan fingerprint density at radius 1 is 1.11 bits per heavy atom. The van der Waals surface area contributed by atoms with E-state index in [2.05, 4.69) is 17.1 Å². The molecular formula is C21H36IN3O3. The first kappa shape index (κ1) is 25.0. The Bertz CT molecular complexity index is 523. The number of rotatable bonds is 11. The Morgan fingerprint density at radius 2 is 1.86 bits per heavy atom. The van der Waals surface area contributed by atoms with Crippen molar-refractivity contribution in [3.8, 4) is 5.75 Å². The third-order valence-corrected chi connectivity index (χ3v) is 4.50. The second kappa shape index (κ2) is 15.8. The molecule has 0 amide bonds. The highest BCUT2D eigenvalue weighted by Gasteiger charge is 2.21. The maximum absolute atomic E-state index is 5.94. The summed E-state index contributed by atoms with van der Waals surface area (Å²) in [6, 6.07) is 9.93. The molecule has 7 heteroatoms. The lowest BCUT2D eigenvalue weighted by molar-refractivity contribution is 0.00990. The Labute approximate surface area is 187 Å². The van der Waals surface area contributed by atoms with Gasteiger partial charge in [0.1, 0.15) is 5.75 Å². The quantitative estimate of drug-likeness (QED) is 0.216. The third kappa shape index (κ3) is 9.93. The van der Waals surface area contributed by atoms with Crippen molar-refractivity contribution in [3.63, 3.8) is 0 Å². The Kier molecular flexibility index (Phi) is 14.1. The number of para-hydroxylation sites is 1. The summed E-state index contributed by atoms with van der Waals surface area (Å²) in [4.78, 5) is 7.12. The van der Waals surface area contributed by atoms with Crippen LogP contribution in [0.3, 0.4) is 0 Å². The number of likely N-dealkylation sites (tertiary alicyclic amines) is 1. The van der Waals surface area contributed by atoms with Crippen LogP contribution in [0.5, 0.6) is 5.75 Å². The van der Waals surface area contributed by atoms with Crippen LogP contribution in [0.25, 0.3) is 0 Å². The van der Waals surface area contributed by atoms with Crippen molar-refractivity contribution >= 4 is 29.9 Å². The Balaban J connectivity index is 0.00000392. The Hall–Kier alpha value is -1.06. The summed E-state index contributed by atoms with van der Waals surface area (Å²) in [7, 11) is 1.73. The first-order valence-electron chi connectivity index (χ1n) is 10.1. The predicted molar refractivity (Wildman–Crippen MR) is 125 cm³/mol. The van der Waals surface area contributed by atoms with Crippen molar-refractivity contribution in [2.24, 2.45) is 4.99 Å². The van der Waals surface area contributed by atoms with Crippen LogP contribution >= 0.6 is 24.0 Å². The van der Waals surface area contributed by atoms with Gasteiger partial charge in [0.15, 0.2) is 5.96 Å². The number of hydrogen-bond acceptors (Lipinski definition) is 4. The van der Waals surface area contributed by atoms with Crippen molar-refractivity contribution in [1.82, 2.24) is 10.2 Å². The van der Waals surface area contributed by atoms with Crippen molar-refractivity contribution in [2.45, 2.75) is 38.7 Å². The van der Waals surface area contributed by atoms with E-state index in [0.717, 1.165) is 76.8 Å². The molecule has 1 aromatic rings. The summed E-state index contributed by atoms with van der Waals surface area (Å²) in [6.45, 7) is 7.97. The zero-order valence-corrected chi connectivity index (χ0v) is 19.6. The van der Waals surface area contributed by atoms with E-state index in [9.17, 15) is 0 Å². The normalized spacial score (nSPS) is 15.2. The van der Waals surface area contributed by atoms with Gasteiger partial charge >= 0.3 is 0 Å². The highest BCUT2D eigenvalue weighted by Crippen LogP contribution is 2.14. The number of guanidine groups is 1. The second-order valence-electron chi connectivity index (χ2n) is 6.65. The van der Waals surface area contributed by atoms with Gasteiger partial charge in [0.25, 0.3) is 0 Å². The molecule has 0 bridgehead atoms. The van der Waals surface area contributed by atoms with Gasteiger partial charge in [-0.2, -0.15) is 0 Å². The molecule has 0 aliphatic carbocycles. The first-order chi connectivity index (χ1) is 13.3. The molecule has 0 radical (unpaired) electrons. The fourth-order valence-electron chi connectivity index (χ4n) is 3.07. The third-order valence-electron chi connectivity index (χ3n) is 4.50. The number of hydrogen-bond donors (Lipinski definition) is 1. The van der Waals surface area contributed by atoms with E-state index in [0.29, 0.717) is 12.7 Å². The molecule has 0 aromatic heterocycles. The number of piperidine rings is 1. The van der Waals surface area contributed by atoms with Crippen molar-refractivity contribution in [2.75, 3.05) is 53.1 Å². The molecule has 0 atom stereocenters. The molecule has 1 saturated heterocycles. The molecule has 0 unspecified atom stereocenters. The van der Waals surface area contributed by atoms with Crippen molar-refractivity contribution in [3.05, 3.63) is 30.3 Å². The lowest BCUT2D eigenvalue weighted by Crippen LogP contribution is -2.47. The summed E-state index contributed by atoms with van der Waals surface area (Å²) >= 11 is 0. The minimum absolute atomic E-state index is 0. The van der Waals surface area contributed by atoms with E-state index in [1.54, 1.807) is 7.11 Å². The standard InChI is InChI=1S/C21H35N3O3.HI/c1-3-22-21(23-13-7-17-26-19-9-5-4-6-10-19)24-14-11-20(12-15-24)27-18-8-16-25-2;/h4-6,9-10,20H,3,7-8,11-18H2,1-2H3,(H,22,23);1H. The maximum atomic E-state index is 5.94. The minimum atomic E-state index is 0. The van der Waals surface area contributed by atoms with Crippen LogP contribution in [0.2, 0.25) is 0 Å². The zero-order valence-electron chi connectivity index (χ0n) is 17.3. The highest BCUT2D eigenvalue weighted by atomic mass is 127. The van der Waals surface area contributed by atoms with E-state index in [1.807, 2.05) is 30.3 Å².